The zero-order valence-electron chi connectivity index (χ0n) is 6.49. The smallest absolute Gasteiger partial charge is 0.0448 e. The van der Waals surface area contributed by atoms with Gasteiger partial charge in [-0.1, -0.05) is 18.7 Å². The van der Waals surface area contributed by atoms with Gasteiger partial charge in [0, 0.05) is 14.6 Å². The third-order valence-electron chi connectivity index (χ3n) is 1.59. The predicted molar refractivity (Wildman–Crippen MR) is 57.7 cm³/mol. The van der Waals surface area contributed by atoms with Crippen LogP contribution in [0.15, 0.2) is 36.2 Å². The largest absolute Gasteiger partial charge is 0.143 e. The summed E-state index contributed by atoms with van der Waals surface area (Å²) < 4.78 is 0. The molecule has 0 aliphatic carbocycles. The Morgan fingerprint density at radius 3 is 2.67 bits per heavy atom. The summed E-state index contributed by atoms with van der Waals surface area (Å²) in [6, 6.07) is 8.47. The molecule has 0 aromatic carbocycles. The molecule has 2 heterocycles. The van der Waals surface area contributed by atoms with Crippen LogP contribution in [0, 0.1) is 0 Å². The van der Waals surface area contributed by atoms with Gasteiger partial charge in [-0.25, -0.2) is 0 Å². The minimum Gasteiger partial charge on any atom is -0.143 e. The second kappa shape index (κ2) is 3.25. The lowest BCUT2D eigenvalue weighted by Crippen LogP contribution is -1.55. The Labute approximate surface area is 79.8 Å². The van der Waals surface area contributed by atoms with Gasteiger partial charge < -0.3 is 0 Å². The van der Waals surface area contributed by atoms with E-state index in [0.717, 1.165) is 0 Å². The van der Waals surface area contributed by atoms with Crippen molar-refractivity contribution in [3.63, 3.8) is 0 Å². The van der Waals surface area contributed by atoms with Gasteiger partial charge in [-0.3, -0.25) is 0 Å². The van der Waals surface area contributed by atoms with Crippen molar-refractivity contribution >= 4 is 28.7 Å². The van der Waals surface area contributed by atoms with Crippen LogP contribution in [0.4, 0.5) is 0 Å². The molecule has 0 saturated carbocycles. The van der Waals surface area contributed by atoms with E-state index in [1.54, 1.807) is 22.7 Å². The van der Waals surface area contributed by atoms with Crippen molar-refractivity contribution in [2.24, 2.45) is 0 Å². The molecule has 0 atom stereocenters. The third-order valence-corrected chi connectivity index (χ3v) is 3.74. The van der Waals surface area contributed by atoms with Gasteiger partial charge in [0.1, 0.15) is 0 Å². The Kier molecular flexibility index (Phi) is 2.11. The highest BCUT2D eigenvalue weighted by molar-refractivity contribution is 7.21. The summed E-state index contributed by atoms with van der Waals surface area (Å²) >= 11 is 3.56. The molecule has 0 radical (unpaired) electrons. The lowest BCUT2D eigenvalue weighted by atomic mass is 10.4. The monoisotopic (exact) mass is 192 g/mol. The first-order chi connectivity index (χ1) is 5.90. The molecule has 2 rings (SSSR count). The maximum Gasteiger partial charge on any atom is 0.0448 e. The summed E-state index contributed by atoms with van der Waals surface area (Å²) in [7, 11) is 0. The van der Waals surface area contributed by atoms with Gasteiger partial charge in [0.15, 0.2) is 0 Å². The molecule has 0 N–H and O–H groups in total. The molecule has 0 amide bonds. The standard InChI is InChI=1S/C10H8S2/c1-2-8-5-6-10(12-8)9-4-3-7-11-9/h2-7H,1H2. The van der Waals surface area contributed by atoms with E-state index < -0.39 is 0 Å². The first kappa shape index (κ1) is 7.77. The van der Waals surface area contributed by atoms with Crippen LogP contribution in [-0.4, -0.2) is 0 Å². The summed E-state index contributed by atoms with van der Waals surface area (Å²) in [4.78, 5) is 3.91. The maximum atomic E-state index is 3.74. The molecule has 0 saturated heterocycles. The first-order valence-corrected chi connectivity index (χ1v) is 5.36. The highest BCUT2D eigenvalue weighted by Gasteiger charge is 2.00. The highest BCUT2D eigenvalue weighted by atomic mass is 32.1. The van der Waals surface area contributed by atoms with E-state index in [0.29, 0.717) is 0 Å². The molecule has 0 bridgehead atoms. The SMILES string of the molecule is C=Cc1ccc(-c2cccs2)s1. The Bertz CT molecular complexity index is 368. The average Bonchev–Trinajstić information content (AvgIpc) is 2.75. The van der Waals surface area contributed by atoms with Gasteiger partial charge in [-0.15, -0.1) is 22.7 Å². The van der Waals surface area contributed by atoms with Gasteiger partial charge in [0.2, 0.25) is 0 Å². The molecule has 0 spiro atoms. The predicted octanol–water partition coefficient (Wildman–Crippen LogP) is 4.12. The van der Waals surface area contributed by atoms with E-state index in [1.165, 1.54) is 14.6 Å². The highest BCUT2D eigenvalue weighted by Crippen LogP contribution is 2.31. The Hall–Kier alpha value is -0.860. The van der Waals surface area contributed by atoms with Crippen molar-refractivity contribution in [3.8, 4) is 9.75 Å². The summed E-state index contributed by atoms with van der Waals surface area (Å²) in [5.74, 6) is 0. The van der Waals surface area contributed by atoms with E-state index in [1.807, 2.05) is 6.08 Å². The number of hydrogen-bond donors (Lipinski definition) is 0. The molecule has 0 fully saturated rings. The first-order valence-electron chi connectivity index (χ1n) is 3.66. The lowest BCUT2D eigenvalue weighted by molar-refractivity contribution is 1.92. The van der Waals surface area contributed by atoms with E-state index in [-0.39, 0.29) is 0 Å². The minimum absolute atomic E-state index is 1.23. The van der Waals surface area contributed by atoms with Crippen LogP contribution in [-0.2, 0) is 0 Å². The van der Waals surface area contributed by atoms with Crippen molar-refractivity contribution in [2.75, 3.05) is 0 Å². The van der Waals surface area contributed by atoms with Crippen LogP contribution < -0.4 is 0 Å². The van der Waals surface area contributed by atoms with E-state index in [9.17, 15) is 0 Å². The topological polar surface area (TPSA) is 0 Å². The van der Waals surface area contributed by atoms with Gasteiger partial charge in [-0.2, -0.15) is 0 Å². The summed E-state index contributed by atoms with van der Waals surface area (Å²) in [5.41, 5.74) is 0. The molecular formula is C10H8S2. The molecule has 12 heavy (non-hydrogen) atoms. The van der Waals surface area contributed by atoms with Crippen molar-refractivity contribution < 1.29 is 0 Å². The third kappa shape index (κ3) is 1.36. The molecular weight excluding hydrogens is 184 g/mol. The quantitative estimate of drug-likeness (QED) is 0.671. The fourth-order valence-electron chi connectivity index (χ4n) is 1.01. The molecule has 60 valence electrons. The molecule has 2 heteroatoms. The lowest BCUT2D eigenvalue weighted by Gasteiger charge is -1.86. The van der Waals surface area contributed by atoms with Gasteiger partial charge in [0.05, 0.1) is 0 Å². The normalized spacial score (nSPS) is 10.0. The summed E-state index contributed by atoms with van der Waals surface area (Å²) in [6.07, 6.45) is 1.89. The Morgan fingerprint density at radius 2 is 2.08 bits per heavy atom. The van der Waals surface area contributed by atoms with Crippen LogP contribution >= 0.6 is 22.7 Å². The Balaban J connectivity index is 2.41. The zero-order valence-corrected chi connectivity index (χ0v) is 8.12. The molecule has 0 unspecified atom stereocenters. The Morgan fingerprint density at radius 1 is 1.17 bits per heavy atom. The maximum absolute atomic E-state index is 3.74. The van der Waals surface area contributed by atoms with Crippen molar-refractivity contribution in [3.05, 3.63) is 41.1 Å². The molecule has 2 aromatic heterocycles. The molecule has 2 aromatic rings. The minimum atomic E-state index is 1.23. The van der Waals surface area contributed by atoms with Gasteiger partial charge >= 0.3 is 0 Å². The van der Waals surface area contributed by atoms with Crippen LogP contribution in [0.3, 0.4) is 0 Å². The summed E-state index contributed by atoms with van der Waals surface area (Å²) in [5, 5.41) is 2.10. The fourth-order valence-corrected chi connectivity index (χ4v) is 2.71. The van der Waals surface area contributed by atoms with Crippen LogP contribution in [0.5, 0.6) is 0 Å². The fraction of sp³-hybridized carbons (Fsp3) is 0. The van der Waals surface area contributed by atoms with Gasteiger partial charge in [0.25, 0.3) is 0 Å². The van der Waals surface area contributed by atoms with Crippen molar-refractivity contribution in [1.29, 1.82) is 0 Å². The van der Waals surface area contributed by atoms with Crippen LogP contribution in [0.1, 0.15) is 4.88 Å². The van der Waals surface area contributed by atoms with E-state index in [4.69, 9.17) is 0 Å². The molecule has 0 nitrogen and oxygen atoms in total. The van der Waals surface area contributed by atoms with Crippen molar-refractivity contribution in [2.45, 2.75) is 0 Å². The second-order valence-corrected chi connectivity index (χ2v) is 4.45. The number of hydrogen-bond acceptors (Lipinski definition) is 2. The second-order valence-electron chi connectivity index (χ2n) is 2.38. The number of rotatable bonds is 2. The van der Waals surface area contributed by atoms with Gasteiger partial charge in [-0.05, 0) is 23.6 Å². The van der Waals surface area contributed by atoms with E-state index >= 15 is 0 Å². The average molecular weight is 192 g/mol. The van der Waals surface area contributed by atoms with E-state index in [2.05, 4.69) is 36.2 Å². The molecule has 0 aliphatic rings. The number of thiophene rings is 2. The van der Waals surface area contributed by atoms with Crippen LogP contribution in [0.25, 0.3) is 15.8 Å². The van der Waals surface area contributed by atoms with Crippen LogP contribution in [0.2, 0.25) is 0 Å². The zero-order chi connectivity index (χ0) is 8.39. The summed E-state index contributed by atoms with van der Waals surface area (Å²) in [6.45, 7) is 3.74. The van der Waals surface area contributed by atoms with Crippen molar-refractivity contribution in [1.82, 2.24) is 0 Å². The molecule has 0 aliphatic heterocycles.